The summed E-state index contributed by atoms with van der Waals surface area (Å²) in [4.78, 5) is 15.6. The van der Waals surface area contributed by atoms with Gasteiger partial charge in [0.05, 0.1) is 33.1 Å². The SMILES string of the molecule is c1ccc(-c2ccc3c4ccccc4n(-c4ccc(-c5ccc6c(c5)c5cc(-c7ccc(-n8c9ccccc9c9ccc(-c%10ccccc%10)cc98)cc7)ccc5n6-c5nc(-c6ccccc6)nc(-c6ccccc6)n5)cc4)c3c2)cc1. The summed E-state index contributed by atoms with van der Waals surface area (Å²) < 4.78 is 7.01. The van der Waals surface area contributed by atoms with Crippen molar-refractivity contribution in [2.45, 2.75) is 0 Å². The van der Waals surface area contributed by atoms with Gasteiger partial charge in [-0.25, -0.2) is 4.98 Å². The Morgan fingerprint density at radius 2 is 0.494 bits per heavy atom. The number of hydrogen-bond acceptors (Lipinski definition) is 3. The minimum atomic E-state index is 0.556. The first-order valence-corrected chi connectivity index (χ1v) is 27.5. The summed E-state index contributed by atoms with van der Waals surface area (Å²) in [6.45, 7) is 0. The number of aromatic nitrogens is 6. The van der Waals surface area contributed by atoms with Crippen LogP contribution in [-0.2, 0) is 0 Å². The number of rotatable bonds is 9. The summed E-state index contributed by atoms with van der Waals surface area (Å²) in [5.41, 5.74) is 20.0. The van der Waals surface area contributed by atoms with Crippen LogP contribution in [0.1, 0.15) is 0 Å². The van der Waals surface area contributed by atoms with Crippen LogP contribution < -0.4 is 0 Å². The van der Waals surface area contributed by atoms with Crippen LogP contribution in [0.2, 0.25) is 0 Å². The Hall–Kier alpha value is -11.0. The highest BCUT2D eigenvalue weighted by Crippen LogP contribution is 2.41. The van der Waals surface area contributed by atoms with Gasteiger partial charge in [-0.15, -0.1) is 0 Å². The molecule has 4 heterocycles. The van der Waals surface area contributed by atoms with Crippen LogP contribution in [0.25, 0.3) is 150 Å². The lowest BCUT2D eigenvalue weighted by Gasteiger charge is -2.12. The topological polar surface area (TPSA) is 53.5 Å². The second-order valence-electron chi connectivity index (χ2n) is 20.8. The summed E-state index contributed by atoms with van der Waals surface area (Å²) in [5.74, 6) is 1.78. The molecule has 0 saturated heterocycles. The molecule has 81 heavy (non-hydrogen) atoms. The smallest absolute Gasteiger partial charge is 0.238 e. The Bertz CT molecular complexity index is 4740. The molecule has 0 aliphatic carbocycles. The van der Waals surface area contributed by atoms with Crippen molar-refractivity contribution >= 4 is 65.4 Å². The normalized spacial score (nSPS) is 11.7. The zero-order chi connectivity index (χ0) is 53.4. The number of para-hydroxylation sites is 2. The lowest BCUT2D eigenvalue weighted by Crippen LogP contribution is -2.06. The van der Waals surface area contributed by atoms with Gasteiger partial charge in [0, 0.05) is 54.8 Å². The molecule has 0 aliphatic heterocycles. The van der Waals surface area contributed by atoms with Gasteiger partial charge in [0.1, 0.15) is 0 Å². The second kappa shape index (κ2) is 18.9. The third-order valence-electron chi connectivity index (χ3n) is 16.1. The molecule has 4 aromatic heterocycles. The molecule has 0 radical (unpaired) electrons. The van der Waals surface area contributed by atoms with Crippen molar-refractivity contribution in [3.05, 3.63) is 291 Å². The first-order chi connectivity index (χ1) is 40.1. The first-order valence-electron chi connectivity index (χ1n) is 27.5. The fourth-order valence-electron chi connectivity index (χ4n) is 12.2. The quantitative estimate of drug-likeness (QED) is 0.145. The molecule has 0 fully saturated rings. The van der Waals surface area contributed by atoms with Gasteiger partial charge in [-0.1, -0.05) is 218 Å². The maximum absolute atomic E-state index is 5.27. The van der Waals surface area contributed by atoms with Gasteiger partial charge in [0.15, 0.2) is 11.6 Å². The van der Waals surface area contributed by atoms with Crippen molar-refractivity contribution in [1.82, 2.24) is 28.7 Å². The monoisotopic (exact) mass is 1030 g/mol. The molecule has 16 aromatic rings. The molecule has 0 atom stereocenters. The number of fused-ring (bicyclic) bond motifs is 9. The van der Waals surface area contributed by atoms with Crippen LogP contribution in [0.15, 0.2) is 291 Å². The molecule has 6 nitrogen and oxygen atoms in total. The van der Waals surface area contributed by atoms with Gasteiger partial charge in [-0.05, 0) is 117 Å². The van der Waals surface area contributed by atoms with Crippen LogP contribution >= 0.6 is 0 Å². The number of nitrogens with zero attached hydrogens (tertiary/aromatic N) is 6. The minimum absolute atomic E-state index is 0.556. The van der Waals surface area contributed by atoms with Gasteiger partial charge in [-0.3, -0.25) is 4.57 Å². The molecule has 6 heteroatoms. The maximum atomic E-state index is 5.27. The van der Waals surface area contributed by atoms with E-state index >= 15 is 0 Å². The van der Waals surface area contributed by atoms with Gasteiger partial charge < -0.3 is 9.13 Å². The van der Waals surface area contributed by atoms with Crippen molar-refractivity contribution in [3.8, 4) is 84.6 Å². The lowest BCUT2D eigenvalue weighted by molar-refractivity contribution is 0.953. The molecule has 378 valence electrons. The molecule has 0 N–H and O–H groups in total. The Morgan fingerprint density at radius 3 is 0.914 bits per heavy atom. The molecule has 0 bridgehead atoms. The average molecular weight is 1030 g/mol. The zero-order valence-corrected chi connectivity index (χ0v) is 43.9. The molecule has 12 aromatic carbocycles. The van der Waals surface area contributed by atoms with E-state index in [1.165, 1.54) is 65.9 Å². The van der Waals surface area contributed by atoms with Gasteiger partial charge in [0.25, 0.3) is 0 Å². The third-order valence-corrected chi connectivity index (χ3v) is 16.1. The summed E-state index contributed by atoms with van der Waals surface area (Å²) in [5, 5.41) is 7.14. The summed E-state index contributed by atoms with van der Waals surface area (Å²) in [7, 11) is 0. The largest absolute Gasteiger partial charge is 0.309 e. The van der Waals surface area contributed by atoms with Crippen LogP contribution in [0, 0.1) is 0 Å². The fraction of sp³-hybridized carbons (Fsp3) is 0. The van der Waals surface area contributed by atoms with Gasteiger partial charge >= 0.3 is 0 Å². The van der Waals surface area contributed by atoms with Gasteiger partial charge in [0.2, 0.25) is 5.95 Å². The molecule has 0 aliphatic rings. The highest BCUT2D eigenvalue weighted by atomic mass is 15.2. The Labute approximate surface area is 467 Å². The summed E-state index contributed by atoms with van der Waals surface area (Å²) >= 11 is 0. The molecule has 0 unspecified atom stereocenters. The van der Waals surface area contributed by atoms with Crippen molar-refractivity contribution in [2.24, 2.45) is 0 Å². The average Bonchev–Trinajstić information content (AvgIpc) is 4.38. The number of hydrogen-bond donors (Lipinski definition) is 0. The molecule has 0 spiro atoms. The Kier molecular flexibility index (Phi) is 10.8. The fourth-order valence-corrected chi connectivity index (χ4v) is 12.2. The zero-order valence-electron chi connectivity index (χ0n) is 43.9. The first kappa shape index (κ1) is 46.2. The standard InChI is InChI=1S/C75H48N6/c1-5-17-49(18-6-1)57-33-41-63-61-25-13-15-27-67(61)79(71(63)47-57)59-37-29-51(30-38-59)55-35-43-69-65(45-55)66-46-56(36-44-70(66)81(69)75-77-73(53-21-9-3-10-22-53)76-74(78-75)54-23-11-4-12-24-54)52-31-39-60(40-32-52)80-68-28-16-14-26-62(68)64-42-34-58(48-72(64)80)50-19-7-2-8-20-50/h1-48H. The highest BCUT2D eigenvalue weighted by molar-refractivity contribution is 6.13. The summed E-state index contributed by atoms with van der Waals surface area (Å²) in [6.07, 6.45) is 0. The van der Waals surface area contributed by atoms with E-state index in [9.17, 15) is 0 Å². The third kappa shape index (κ3) is 7.83. The van der Waals surface area contributed by atoms with Crippen LogP contribution in [0.4, 0.5) is 0 Å². The van der Waals surface area contributed by atoms with E-state index in [4.69, 9.17) is 15.0 Å². The van der Waals surface area contributed by atoms with E-state index in [-0.39, 0.29) is 0 Å². The minimum Gasteiger partial charge on any atom is -0.309 e. The second-order valence-corrected chi connectivity index (χ2v) is 20.8. The van der Waals surface area contributed by atoms with Crippen LogP contribution in [0.3, 0.4) is 0 Å². The lowest BCUT2D eigenvalue weighted by atomic mass is 10.00. The summed E-state index contributed by atoms with van der Waals surface area (Å²) in [6, 6.07) is 104. The van der Waals surface area contributed by atoms with E-state index < -0.39 is 0 Å². The molecular formula is C75H48N6. The Morgan fingerprint density at radius 1 is 0.185 bits per heavy atom. The van der Waals surface area contributed by atoms with Crippen LogP contribution in [-0.4, -0.2) is 28.7 Å². The van der Waals surface area contributed by atoms with Crippen molar-refractivity contribution < 1.29 is 0 Å². The van der Waals surface area contributed by atoms with E-state index in [1.807, 2.05) is 36.4 Å². The molecule has 0 saturated carbocycles. The van der Waals surface area contributed by atoms with Gasteiger partial charge in [-0.2, -0.15) is 9.97 Å². The van der Waals surface area contributed by atoms with Crippen LogP contribution in [0.5, 0.6) is 0 Å². The molecular weight excluding hydrogens is 985 g/mol. The maximum Gasteiger partial charge on any atom is 0.238 e. The molecule has 16 rings (SSSR count). The van der Waals surface area contributed by atoms with E-state index in [0.29, 0.717) is 17.6 Å². The van der Waals surface area contributed by atoms with E-state index in [2.05, 4.69) is 268 Å². The van der Waals surface area contributed by atoms with E-state index in [1.54, 1.807) is 0 Å². The van der Waals surface area contributed by atoms with E-state index in [0.717, 1.165) is 66.6 Å². The number of benzene rings is 12. The van der Waals surface area contributed by atoms with Crippen molar-refractivity contribution in [1.29, 1.82) is 0 Å². The van der Waals surface area contributed by atoms with Crippen molar-refractivity contribution in [3.63, 3.8) is 0 Å². The highest BCUT2D eigenvalue weighted by Gasteiger charge is 2.21. The predicted octanol–water partition coefficient (Wildman–Crippen LogP) is 19.2. The predicted molar refractivity (Wildman–Crippen MR) is 335 cm³/mol. The Balaban J connectivity index is 0.843. The van der Waals surface area contributed by atoms with Crippen molar-refractivity contribution in [2.75, 3.05) is 0 Å². The molecule has 0 amide bonds.